The van der Waals surface area contributed by atoms with Crippen molar-refractivity contribution in [1.29, 1.82) is 0 Å². The molecule has 13 heavy (non-hydrogen) atoms. The summed E-state index contributed by atoms with van der Waals surface area (Å²) < 4.78 is 48.6. The lowest BCUT2D eigenvalue weighted by Gasteiger charge is -2.09. The summed E-state index contributed by atoms with van der Waals surface area (Å²) in [6.07, 6.45) is -4.51. The van der Waals surface area contributed by atoms with Crippen LogP contribution in [-0.2, 0) is 0 Å². The van der Waals surface area contributed by atoms with Crippen molar-refractivity contribution >= 4 is 5.57 Å². The molecule has 0 saturated heterocycles. The van der Waals surface area contributed by atoms with Crippen LogP contribution in [0.25, 0.3) is 5.57 Å². The first-order valence-electron chi connectivity index (χ1n) is 3.43. The van der Waals surface area contributed by atoms with Gasteiger partial charge in [0.15, 0.2) is 0 Å². The van der Waals surface area contributed by atoms with Gasteiger partial charge in [-0.1, -0.05) is 18.7 Å². The molecule has 0 aliphatic rings. The Balaban J connectivity index is 3.03. The van der Waals surface area contributed by atoms with E-state index in [1.165, 1.54) is 12.1 Å². The van der Waals surface area contributed by atoms with E-state index >= 15 is 0 Å². The van der Waals surface area contributed by atoms with Crippen LogP contribution in [0.2, 0.25) is 0 Å². The maximum Gasteiger partial charge on any atom is 0.416 e. The SMILES string of the molecule is C=C(c1cccc(F)c1)C(F)(F)F. The topological polar surface area (TPSA) is 0 Å². The number of rotatable bonds is 1. The molecule has 0 aliphatic heterocycles. The zero-order valence-corrected chi connectivity index (χ0v) is 6.53. The summed E-state index contributed by atoms with van der Waals surface area (Å²) >= 11 is 0. The molecule has 4 heteroatoms. The fourth-order valence-corrected chi connectivity index (χ4v) is 0.840. The number of allylic oxidation sites excluding steroid dienone is 1. The number of benzene rings is 1. The molecular weight excluding hydrogens is 184 g/mol. The third-order valence-corrected chi connectivity index (χ3v) is 1.52. The second-order valence-electron chi connectivity index (χ2n) is 2.49. The highest BCUT2D eigenvalue weighted by Gasteiger charge is 2.32. The van der Waals surface area contributed by atoms with Crippen molar-refractivity contribution in [1.82, 2.24) is 0 Å². The van der Waals surface area contributed by atoms with E-state index in [4.69, 9.17) is 0 Å². The molecule has 0 nitrogen and oxygen atoms in total. The molecule has 0 spiro atoms. The standard InChI is InChI=1S/C9H6F4/c1-6(9(11,12)13)7-3-2-4-8(10)5-7/h2-5H,1H2. The number of hydrogen-bond acceptors (Lipinski definition) is 0. The second-order valence-corrected chi connectivity index (χ2v) is 2.49. The smallest absolute Gasteiger partial charge is 0.207 e. The minimum absolute atomic E-state index is 0.243. The summed E-state index contributed by atoms with van der Waals surface area (Å²) in [5.74, 6) is -0.706. The van der Waals surface area contributed by atoms with Crippen LogP contribution in [0.4, 0.5) is 17.6 Å². The Morgan fingerprint density at radius 1 is 1.23 bits per heavy atom. The first kappa shape index (κ1) is 9.77. The maximum atomic E-state index is 12.5. The average Bonchev–Trinajstić information content (AvgIpc) is 2.01. The van der Waals surface area contributed by atoms with Crippen molar-refractivity contribution in [2.75, 3.05) is 0 Å². The van der Waals surface area contributed by atoms with E-state index in [2.05, 4.69) is 6.58 Å². The fraction of sp³-hybridized carbons (Fsp3) is 0.111. The van der Waals surface area contributed by atoms with Crippen molar-refractivity contribution in [2.24, 2.45) is 0 Å². The lowest BCUT2D eigenvalue weighted by atomic mass is 10.1. The van der Waals surface area contributed by atoms with Crippen LogP contribution in [0.3, 0.4) is 0 Å². The molecule has 0 atom stereocenters. The molecule has 0 unspecified atom stereocenters. The predicted octanol–water partition coefficient (Wildman–Crippen LogP) is 3.40. The minimum atomic E-state index is -4.51. The Bertz CT molecular complexity index is 325. The highest BCUT2D eigenvalue weighted by molar-refractivity contribution is 5.67. The third-order valence-electron chi connectivity index (χ3n) is 1.52. The quantitative estimate of drug-likeness (QED) is 0.595. The number of hydrogen-bond donors (Lipinski definition) is 0. The van der Waals surface area contributed by atoms with E-state index in [1.54, 1.807) is 0 Å². The highest BCUT2D eigenvalue weighted by Crippen LogP contribution is 2.32. The van der Waals surface area contributed by atoms with Gasteiger partial charge in [0, 0.05) is 0 Å². The van der Waals surface area contributed by atoms with Crippen molar-refractivity contribution in [2.45, 2.75) is 6.18 Å². The van der Waals surface area contributed by atoms with Crippen LogP contribution < -0.4 is 0 Å². The van der Waals surface area contributed by atoms with Gasteiger partial charge in [0.05, 0.1) is 5.57 Å². The van der Waals surface area contributed by atoms with Crippen LogP contribution in [0, 0.1) is 5.82 Å². The molecule has 0 aliphatic carbocycles. The zero-order chi connectivity index (χ0) is 10.1. The summed E-state index contributed by atoms with van der Waals surface area (Å²) in [5.41, 5.74) is -1.28. The molecule has 0 radical (unpaired) electrons. The number of halogens is 4. The molecule has 0 heterocycles. The Labute approximate surface area is 72.5 Å². The molecule has 0 bridgehead atoms. The molecule has 0 N–H and O–H groups in total. The Hall–Kier alpha value is -1.32. The Morgan fingerprint density at radius 2 is 1.85 bits per heavy atom. The van der Waals surface area contributed by atoms with E-state index in [0.717, 1.165) is 12.1 Å². The highest BCUT2D eigenvalue weighted by atomic mass is 19.4. The summed E-state index contributed by atoms with van der Waals surface area (Å²) in [4.78, 5) is 0. The summed E-state index contributed by atoms with van der Waals surface area (Å²) in [7, 11) is 0. The van der Waals surface area contributed by atoms with Gasteiger partial charge < -0.3 is 0 Å². The molecule has 1 aromatic carbocycles. The van der Waals surface area contributed by atoms with Gasteiger partial charge in [-0.2, -0.15) is 13.2 Å². The van der Waals surface area contributed by atoms with Crippen LogP contribution >= 0.6 is 0 Å². The summed E-state index contributed by atoms with van der Waals surface area (Å²) in [6.45, 7) is 2.85. The van der Waals surface area contributed by atoms with Gasteiger partial charge in [-0.05, 0) is 17.7 Å². The van der Waals surface area contributed by atoms with Gasteiger partial charge in [0.25, 0.3) is 0 Å². The first-order chi connectivity index (χ1) is 5.91. The molecular formula is C9H6F4. The molecule has 0 amide bonds. The van der Waals surface area contributed by atoms with Crippen molar-refractivity contribution in [3.05, 3.63) is 42.2 Å². The van der Waals surface area contributed by atoms with Crippen molar-refractivity contribution < 1.29 is 17.6 Å². The molecule has 0 saturated carbocycles. The van der Waals surface area contributed by atoms with Gasteiger partial charge in [-0.3, -0.25) is 0 Å². The third kappa shape index (κ3) is 2.31. The molecule has 0 fully saturated rings. The van der Waals surface area contributed by atoms with Crippen LogP contribution in [-0.4, -0.2) is 6.18 Å². The van der Waals surface area contributed by atoms with Crippen molar-refractivity contribution in [3.63, 3.8) is 0 Å². The lowest BCUT2D eigenvalue weighted by Crippen LogP contribution is -2.09. The molecule has 1 aromatic rings. The number of alkyl halides is 3. The van der Waals surface area contributed by atoms with Crippen molar-refractivity contribution in [3.8, 4) is 0 Å². The molecule has 1 rings (SSSR count). The van der Waals surface area contributed by atoms with Crippen LogP contribution in [0.5, 0.6) is 0 Å². The van der Waals surface area contributed by atoms with E-state index < -0.39 is 17.6 Å². The predicted molar refractivity (Wildman–Crippen MR) is 41.5 cm³/mol. The minimum Gasteiger partial charge on any atom is -0.207 e. The van der Waals surface area contributed by atoms with E-state index in [9.17, 15) is 17.6 Å². The Morgan fingerprint density at radius 3 is 2.31 bits per heavy atom. The van der Waals surface area contributed by atoms with E-state index in [1.807, 2.05) is 0 Å². The van der Waals surface area contributed by atoms with Gasteiger partial charge in [-0.25, -0.2) is 4.39 Å². The summed E-state index contributed by atoms with van der Waals surface area (Å²) in [6, 6.07) is 4.25. The molecule has 0 aromatic heterocycles. The van der Waals surface area contributed by atoms with Crippen LogP contribution in [0.1, 0.15) is 5.56 Å². The Kier molecular flexibility index (Phi) is 2.40. The largest absolute Gasteiger partial charge is 0.416 e. The molecule has 70 valence electrons. The van der Waals surface area contributed by atoms with Gasteiger partial charge in [0.2, 0.25) is 0 Å². The average molecular weight is 190 g/mol. The van der Waals surface area contributed by atoms with E-state index in [-0.39, 0.29) is 5.56 Å². The zero-order valence-electron chi connectivity index (χ0n) is 6.53. The van der Waals surface area contributed by atoms with Gasteiger partial charge in [-0.15, -0.1) is 0 Å². The lowest BCUT2D eigenvalue weighted by molar-refractivity contribution is -0.0686. The second kappa shape index (κ2) is 3.20. The monoisotopic (exact) mass is 190 g/mol. The maximum absolute atomic E-state index is 12.5. The van der Waals surface area contributed by atoms with Gasteiger partial charge in [0.1, 0.15) is 5.82 Å². The van der Waals surface area contributed by atoms with Crippen LogP contribution in [0.15, 0.2) is 30.8 Å². The summed E-state index contributed by atoms with van der Waals surface area (Å²) in [5, 5.41) is 0. The normalized spacial score (nSPS) is 11.4. The van der Waals surface area contributed by atoms with Gasteiger partial charge >= 0.3 is 6.18 Å². The first-order valence-corrected chi connectivity index (χ1v) is 3.43. The fourth-order valence-electron chi connectivity index (χ4n) is 0.840. The van der Waals surface area contributed by atoms with E-state index in [0.29, 0.717) is 0 Å².